The van der Waals surface area contributed by atoms with E-state index in [2.05, 4.69) is 44.9 Å². The third-order valence-corrected chi connectivity index (χ3v) is 6.46. The average Bonchev–Trinajstić information content (AvgIpc) is 3.32. The predicted molar refractivity (Wildman–Crippen MR) is 146 cm³/mol. The largest absolute Gasteiger partial charge is 0.344 e. The van der Waals surface area contributed by atoms with E-state index in [0.29, 0.717) is 34.5 Å². The molecule has 5 aromatic rings. The number of aromatic nitrogens is 7. The first-order valence-electron chi connectivity index (χ1n) is 12.0. The van der Waals surface area contributed by atoms with Crippen molar-refractivity contribution in [3.63, 3.8) is 0 Å². The van der Waals surface area contributed by atoms with E-state index < -0.39 is 5.95 Å². The quantitative estimate of drug-likeness (QED) is 0.269. The molecule has 0 aliphatic carbocycles. The SMILES string of the molecule is Cc1cc(Nc2nsc(C)n2)nc(-c2ccc(C(=O)NC(C)c3ccc(-c4ccc(F)nc4C)nc3)nc2)n1. The summed E-state index contributed by atoms with van der Waals surface area (Å²) in [6, 6.07) is 11.5. The summed E-state index contributed by atoms with van der Waals surface area (Å²) in [5.41, 5.74) is 4.48. The van der Waals surface area contributed by atoms with Crippen LogP contribution in [0.25, 0.3) is 22.6 Å². The van der Waals surface area contributed by atoms with Crippen LogP contribution in [-0.2, 0) is 0 Å². The summed E-state index contributed by atoms with van der Waals surface area (Å²) in [7, 11) is 0. The lowest BCUT2D eigenvalue weighted by Gasteiger charge is -2.14. The molecule has 0 fully saturated rings. The van der Waals surface area contributed by atoms with Crippen LogP contribution in [0.15, 0.2) is 54.9 Å². The highest BCUT2D eigenvalue weighted by Gasteiger charge is 2.15. The minimum Gasteiger partial charge on any atom is -0.344 e. The molecule has 0 spiro atoms. The van der Waals surface area contributed by atoms with Gasteiger partial charge in [-0.15, -0.1) is 0 Å². The van der Waals surface area contributed by atoms with E-state index >= 15 is 0 Å². The molecule has 10 nitrogen and oxygen atoms in total. The molecule has 1 amide bonds. The topological polar surface area (TPSA) is 131 Å². The zero-order valence-electron chi connectivity index (χ0n) is 21.6. The number of halogens is 1. The summed E-state index contributed by atoms with van der Waals surface area (Å²) in [5, 5.41) is 6.88. The Morgan fingerprint density at radius 2 is 1.79 bits per heavy atom. The second-order valence-electron chi connectivity index (χ2n) is 8.85. The molecule has 196 valence electrons. The van der Waals surface area contributed by atoms with Gasteiger partial charge in [-0.2, -0.15) is 8.76 Å². The zero-order valence-corrected chi connectivity index (χ0v) is 22.4. The number of carbonyl (C=O) groups excluding carboxylic acids is 1. The van der Waals surface area contributed by atoms with Crippen LogP contribution in [0.2, 0.25) is 0 Å². The highest BCUT2D eigenvalue weighted by Crippen LogP contribution is 2.23. The first-order chi connectivity index (χ1) is 18.7. The van der Waals surface area contributed by atoms with E-state index in [0.717, 1.165) is 21.8 Å². The normalized spacial score (nSPS) is 11.7. The van der Waals surface area contributed by atoms with Gasteiger partial charge in [0.2, 0.25) is 11.9 Å². The number of aryl methyl sites for hydroxylation is 3. The van der Waals surface area contributed by atoms with E-state index in [1.165, 1.54) is 17.6 Å². The molecule has 0 saturated carbocycles. The van der Waals surface area contributed by atoms with Crippen LogP contribution < -0.4 is 10.6 Å². The maximum Gasteiger partial charge on any atom is 0.270 e. The molecule has 2 N–H and O–H groups in total. The first-order valence-corrected chi connectivity index (χ1v) is 12.8. The molecule has 5 heterocycles. The monoisotopic (exact) mass is 541 g/mol. The number of rotatable bonds is 7. The van der Waals surface area contributed by atoms with Gasteiger partial charge in [0.15, 0.2) is 5.82 Å². The number of carbonyl (C=O) groups is 1. The molecule has 1 atom stereocenters. The second kappa shape index (κ2) is 11.0. The third-order valence-electron chi connectivity index (χ3n) is 5.84. The van der Waals surface area contributed by atoms with Crippen molar-refractivity contribution in [1.82, 2.24) is 39.6 Å². The van der Waals surface area contributed by atoms with Gasteiger partial charge in [-0.05, 0) is 75.1 Å². The molecule has 12 heteroatoms. The molecule has 0 bridgehead atoms. The van der Waals surface area contributed by atoms with Crippen LogP contribution >= 0.6 is 11.5 Å². The number of amides is 1. The van der Waals surface area contributed by atoms with Crippen molar-refractivity contribution in [2.45, 2.75) is 33.7 Å². The minimum atomic E-state index is -0.529. The number of nitrogens with one attached hydrogen (secondary N) is 2. The number of pyridine rings is 3. The maximum atomic E-state index is 13.3. The lowest BCUT2D eigenvalue weighted by Crippen LogP contribution is -2.27. The molecular formula is C27H24FN9OS. The van der Waals surface area contributed by atoms with Crippen molar-refractivity contribution >= 4 is 29.2 Å². The van der Waals surface area contributed by atoms with Crippen molar-refractivity contribution in [3.05, 3.63) is 88.5 Å². The van der Waals surface area contributed by atoms with Gasteiger partial charge in [-0.3, -0.25) is 14.8 Å². The standard InChI is InChI=1S/C27H24FN9OS/c1-14-11-24(36-27-34-17(4)39-37-27)35-25(31-14)19-6-9-22(30-13-19)26(38)33-15(2)18-5-8-21(29-12-18)20-7-10-23(28)32-16(20)3/h5-13,15H,1-4H3,(H,33,38)(H,31,35,36,37). The molecule has 0 aromatic carbocycles. The van der Waals surface area contributed by atoms with Crippen LogP contribution in [0.5, 0.6) is 0 Å². The molecule has 5 aromatic heterocycles. The fraction of sp³-hybridized carbons (Fsp3) is 0.185. The van der Waals surface area contributed by atoms with Gasteiger partial charge in [-0.25, -0.2) is 19.9 Å². The lowest BCUT2D eigenvalue weighted by atomic mass is 10.1. The van der Waals surface area contributed by atoms with Crippen molar-refractivity contribution in [2.75, 3.05) is 5.32 Å². The van der Waals surface area contributed by atoms with Crippen LogP contribution in [0.1, 0.15) is 45.4 Å². The van der Waals surface area contributed by atoms with Crippen molar-refractivity contribution in [2.24, 2.45) is 0 Å². The number of hydrogen-bond acceptors (Lipinski definition) is 10. The van der Waals surface area contributed by atoms with Crippen LogP contribution in [0, 0.1) is 26.7 Å². The molecule has 0 saturated heterocycles. The molecule has 5 rings (SSSR count). The Labute approximate surface area is 228 Å². The molecule has 1 unspecified atom stereocenters. The van der Waals surface area contributed by atoms with Crippen molar-refractivity contribution in [3.8, 4) is 22.6 Å². The zero-order chi connectivity index (χ0) is 27.5. The van der Waals surface area contributed by atoms with Gasteiger partial charge in [0.1, 0.15) is 16.5 Å². The third kappa shape index (κ3) is 6.07. The lowest BCUT2D eigenvalue weighted by molar-refractivity contribution is 0.0935. The molecule has 0 aliphatic heterocycles. The van der Waals surface area contributed by atoms with E-state index in [-0.39, 0.29) is 17.6 Å². The second-order valence-corrected chi connectivity index (χ2v) is 9.81. The smallest absolute Gasteiger partial charge is 0.270 e. The van der Waals surface area contributed by atoms with Gasteiger partial charge in [0.25, 0.3) is 5.91 Å². The highest BCUT2D eigenvalue weighted by atomic mass is 32.1. The minimum absolute atomic E-state index is 0.261. The summed E-state index contributed by atoms with van der Waals surface area (Å²) in [5.74, 6) is 0.659. The highest BCUT2D eigenvalue weighted by molar-refractivity contribution is 7.05. The Morgan fingerprint density at radius 3 is 2.46 bits per heavy atom. The van der Waals surface area contributed by atoms with Gasteiger partial charge in [0.05, 0.1) is 11.7 Å². The fourth-order valence-corrected chi connectivity index (χ4v) is 4.29. The Bertz CT molecular complexity index is 1640. The summed E-state index contributed by atoms with van der Waals surface area (Å²) in [6.07, 6.45) is 3.25. The van der Waals surface area contributed by atoms with Gasteiger partial charge in [-0.1, -0.05) is 6.07 Å². The summed E-state index contributed by atoms with van der Waals surface area (Å²) in [6.45, 7) is 7.34. The van der Waals surface area contributed by atoms with Gasteiger partial charge < -0.3 is 10.6 Å². The Balaban J connectivity index is 1.26. The van der Waals surface area contributed by atoms with Crippen molar-refractivity contribution < 1.29 is 9.18 Å². The van der Waals surface area contributed by atoms with E-state index in [1.807, 2.05) is 32.9 Å². The maximum absolute atomic E-state index is 13.3. The molecular weight excluding hydrogens is 517 g/mol. The number of nitrogens with zero attached hydrogens (tertiary/aromatic N) is 7. The summed E-state index contributed by atoms with van der Waals surface area (Å²) < 4.78 is 17.5. The Morgan fingerprint density at radius 1 is 0.949 bits per heavy atom. The Kier molecular flexibility index (Phi) is 7.28. The average molecular weight is 542 g/mol. The first kappa shape index (κ1) is 25.9. The Hall–Kier alpha value is -4.71. The molecule has 0 aliphatic rings. The van der Waals surface area contributed by atoms with E-state index in [4.69, 9.17) is 0 Å². The van der Waals surface area contributed by atoms with Gasteiger partial charge >= 0.3 is 0 Å². The summed E-state index contributed by atoms with van der Waals surface area (Å²) in [4.78, 5) is 38.8. The van der Waals surface area contributed by atoms with Crippen molar-refractivity contribution in [1.29, 1.82) is 0 Å². The molecule has 39 heavy (non-hydrogen) atoms. The van der Waals surface area contributed by atoms with Gasteiger partial charge in [0, 0.05) is 41.0 Å². The number of anilines is 2. The van der Waals surface area contributed by atoms with Crippen LogP contribution in [0.4, 0.5) is 16.2 Å². The predicted octanol–water partition coefficient (Wildman–Crippen LogP) is 5.15. The fourth-order valence-electron chi connectivity index (χ4n) is 3.86. The summed E-state index contributed by atoms with van der Waals surface area (Å²) >= 11 is 1.30. The molecule has 0 radical (unpaired) electrons. The van der Waals surface area contributed by atoms with E-state index in [1.54, 1.807) is 43.6 Å². The van der Waals surface area contributed by atoms with E-state index in [9.17, 15) is 9.18 Å². The van der Waals surface area contributed by atoms with Crippen LogP contribution in [-0.4, -0.2) is 40.2 Å². The van der Waals surface area contributed by atoms with Crippen LogP contribution in [0.3, 0.4) is 0 Å². The number of hydrogen-bond donors (Lipinski definition) is 2.